The minimum absolute atomic E-state index is 0.922. The first-order valence-electron chi connectivity index (χ1n) is 3.74. The number of nitrogens with zero attached hydrogens (tertiary/aromatic N) is 4. The number of aromatic nitrogens is 3. The third-order valence-corrected chi connectivity index (χ3v) is 1.76. The lowest BCUT2D eigenvalue weighted by atomic mass is 10.4. The molecule has 0 amide bonds. The largest absolute Gasteiger partial charge is 0.317 e. The Morgan fingerprint density at radius 1 is 1.42 bits per heavy atom. The molecule has 0 fully saturated rings. The Morgan fingerprint density at radius 2 is 2.25 bits per heavy atom. The molecule has 0 aliphatic heterocycles. The topological polar surface area (TPSA) is 34.0 Å². The van der Waals surface area contributed by atoms with E-state index in [0.717, 1.165) is 11.0 Å². The standard InChI is InChI=1S/C8H10N4/c1-11(2)12-6-10-7-5-9-4-3-8(7)12/h3-6H,1-2H3. The summed E-state index contributed by atoms with van der Waals surface area (Å²) in [6.07, 6.45) is 5.31. The molecule has 0 saturated heterocycles. The molecule has 0 atom stereocenters. The van der Waals surface area contributed by atoms with Crippen molar-refractivity contribution in [1.29, 1.82) is 0 Å². The molecule has 62 valence electrons. The lowest BCUT2D eigenvalue weighted by Crippen LogP contribution is -2.23. The maximum Gasteiger partial charge on any atom is 0.116 e. The molecule has 0 aromatic carbocycles. The van der Waals surface area contributed by atoms with E-state index in [9.17, 15) is 0 Å². The summed E-state index contributed by atoms with van der Waals surface area (Å²) in [5.41, 5.74) is 2.00. The fourth-order valence-electron chi connectivity index (χ4n) is 1.17. The van der Waals surface area contributed by atoms with Crippen molar-refractivity contribution in [1.82, 2.24) is 14.6 Å². The van der Waals surface area contributed by atoms with Crippen LogP contribution in [0.5, 0.6) is 0 Å². The summed E-state index contributed by atoms with van der Waals surface area (Å²) in [6, 6.07) is 1.95. The van der Waals surface area contributed by atoms with Crippen LogP contribution in [0.4, 0.5) is 0 Å². The molecular formula is C8H10N4. The fraction of sp³-hybridized carbons (Fsp3) is 0.250. The first-order valence-corrected chi connectivity index (χ1v) is 3.74. The van der Waals surface area contributed by atoms with Gasteiger partial charge in [-0.15, -0.1) is 0 Å². The predicted octanol–water partition coefficient (Wildman–Crippen LogP) is 0.629. The molecule has 4 nitrogen and oxygen atoms in total. The number of imidazole rings is 1. The number of rotatable bonds is 1. The Balaban J connectivity index is 2.70. The monoisotopic (exact) mass is 162 g/mol. The fourth-order valence-corrected chi connectivity index (χ4v) is 1.17. The first kappa shape index (κ1) is 7.09. The molecule has 0 aliphatic carbocycles. The first-order chi connectivity index (χ1) is 5.79. The molecular weight excluding hydrogens is 152 g/mol. The van der Waals surface area contributed by atoms with Crippen molar-refractivity contribution in [2.45, 2.75) is 0 Å². The molecule has 0 N–H and O–H groups in total. The van der Waals surface area contributed by atoms with Gasteiger partial charge in [0.05, 0.1) is 11.7 Å². The minimum Gasteiger partial charge on any atom is -0.317 e. The molecule has 0 aliphatic rings. The molecule has 0 unspecified atom stereocenters. The lowest BCUT2D eigenvalue weighted by molar-refractivity contribution is 0.753. The average molecular weight is 162 g/mol. The van der Waals surface area contributed by atoms with Crippen LogP contribution in [0.15, 0.2) is 24.8 Å². The van der Waals surface area contributed by atoms with Crippen LogP contribution in [0.3, 0.4) is 0 Å². The smallest absolute Gasteiger partial charge is 0.116 e. The summed E-state index contributed by atoms with van der Waals surface area (Å²) in [4.78, 5) is 8.19. The van der Waals surface area contributed by atoms with Crippen LogP contribution in [0.1, 0.15) is 0 Å². The van der Waals surface area contributed by atoms with Crippen molar-refractivity contribution in [2.24, 2.45) is 0 Å². The summed E-state index contributed by atoms with van der Waals surface area (Å²) in [5, 5.41) is 1.97. The van der Waals surface area contributed by atoms with Gasteiger partial charge in [-0.1, -0.05) is 0 Å². The van der Waals surface area contributed by atoms with E-state index < -0.39 is 0 Å². The van der Waals surface area contributed by atoms with Gasteiger partial charge >= 0.3 is 0 Å². The van der Waals surface area contributed by atoms with Crippen LogP contribution >= 0.6 is 0 Å². The Kier molecular flexibility index (Phi) is 1.46. The van der Waals surface area contributed by atoms with Crippen molar-refractivity contribution in [3.63, 3.8) is 0 Å². The van der Waals surface area contributed by atoms with Crippen molar-refractivity contribution < 1.29 is 0 Å². The number of pyridine rings is 1. The molecule has 12 heavy (non-hydrogen) atoms. The second-order valence-electron chi connectivity index (χ2n) is 2.80. The Labute approximate surface area is 70.4 Å². The predicted molar refractivity (Wildman–Crippen MR) is 47.6 cm³/mol. The van der Waals surface area contributed by atoms with Gasteiger partial charge in [-0.2, -0.15) is 0 Å². The second kappa shape index (κ2) is 2.48. The van der Waals surface area contributed by atoms with Crippen LogP contribution in [0.25, 0.3) is 11.0 Å². The lowest BCUT2D eigenvalue weighted by Gasteiger charge is -2.13. The van der Waals surface area contributed by atoms with E-state index in [1.807, 2.05) is 29.8 Å². The van der Waals surface area contributed by atoms with E-state index in [-0.39, 0.29) is 0 Å². The van der Waals surface area contributed by atoms with Gasteiger partial charge in [0, 0.05) is 20.3 Å². The van der Waals surface area contributed by atoms with Crippen LogP contribution in [-0.4, -0.2) is 28.7 Å². The van der Waals surface area contributed by atoms with Crippen LogP contribution in [0, 0.1) is 0 Å². The Hall–Kier alpha value is -1.58. The van der Waals surface area contributed by atoms with E-state index >= 15 is 0 Å². The zero-order chi connectivity index (χ0) is 8.55. The van der Waals surface area contributed by atoms with Gasteiger partial charge in [-0.05, 0) is 6.07 Å². The number of fused-ring (bicyclic) bond motifs is 1. The molecule has 0 bridgehead atoms. The molecule has 0 saturated carbocycles. The van der Waals surface area contributed by atoms with Gasteiger partial charge in [-0.25, -0.2) is 9.66 Å². The van der Waals surface area contributed by atoms with Crippen molar-refractivity contribution in [3.05, 3.63) is 24.8 Å². The van der Waals surface area contributed by atoms with E-state index in [4.69, 9.17) is 0 Å². The van der Waals surface area contributed by atoms with Crippen molar-refractivity contribution >= 4 is 11.0 Å². The average Bonchev–Trinajstić information content (AvgIpc) is 2.47. The zero-order valence-electron chi connectivity index (χ0n) is 7.10. The van der Waals surface area contributed by atoms with Crippen LogP contribution in [-0.2, 0) is 0 Å². The maximum absolute atomic E-state index is 4.20. The number of hydrogen-bond acceptors (Lipinski definition) is 3. The SMILES string of the molecule is CN(C)n1cnc2cnccc21. The summed E-state index contributed by atoms with van der Waals surface area (Å²) < 4.78 is 1.97. The van der Waals surface area contributed by atoms with E-state index in [1.165, 1.54) is 0 Å². The van der Waals surface area contributed by atoms with Gasteiger partial charge in [0.25, 0.3) is 0 Å². The molecule has 2 aromatic rings. The van der Waals surface area contributed by atoms with E-state index in [1.54, 1.807) is 18.7 Å². The highest BCUT2D eigenvalue weighted by atomic mass is 15.5. The minimum atomic E-state index is 0.922. The normalized spacial score (nSPS) is 10.5. The van der Waals surface area contributed by atoms with Crippen molar-refractivity contribution in [3.8, 4) is 0 Å². The molecule has 2 heterocycles. The van der Waals surface area contributed by atoms with Crippen molar-refractivity contribution in [2.75, 3.05) is 19.1 Å². The van der Waals surface area contributed by atoms with Gasteiger partial charge < -0.3 is 5.01 Å². The highest BCUT2D eigenvalue weighted by Gasteiger charge is 2.01. The van der Waals surface area contributed by atoms with Crippen LogP contribution in [0.2, 0.25) is 0 Å². The Morgan fingerprint density at radius 3 is 3.00 bits per heavy atom. The van der Waals surface area contributed by atoms with Crippen LogP contribution < -0.4 is 5.01 Å². The summed E-state index contributed by atoms with van der Waals surface area (Å²) in [7, 11) is 3.95. The highest BCUT2D eigenvalue weighted by Crippen LogP contribution is 2.08. The molecule has 2 rings (SSSR count). The highest BCUT2D eigenvalue weighted by molar-refractivity contribution is 5.73. The second-order valence-corrected chi connectivity index (χ2v) is 2.80. The summed E-state index contributed by atoms with van der Waals surface area (Å²) in [6.45, 7) is 0. The molecule has 0 radical (unpaired) electrons. The third kappa shape index (κ3) is 0.922. The Bertz CT molecular complexity index is 391. The molecule has 0 spiro atoms. The maximum atomic E-state index is 4.20. The molecule has 2 aromatic heterocycles. The third-order valence-electron chi connectivity index (χ3n) is 1.76. The van der Waals surface area contributed by atoms with Gasteiger partial charge in [0.15, 0.2) is 0 Å². The summed E-state index contributed by atoms with van der Waals surface area (Å²) in [5.74, 6) is 0. The molecule has 4 heteroatoms. The summed E-state index contributed by atoms with van der Waals surface area (Å²) >= 11 is 0. The van der Waals surface area contributed by atoms with Gasteiger partial charge in [0.1, 0.15) is 11.8 Å². The van der Waals surface area contributed by atoms with E-state index in [2.05, 4.69) is 9.97 Å². The van der Waals surface area contributed by atoms with Gasteiger partial charge in [-0.3, -0.25) is 4.98 Å². The quantitative estimate of drug-likeness (QED) is 0.616. The number of hydrogen-bond donors (Lipinski definition) is 0. The van der Waals surface area contributed by atoms with Gasteiger partial charge in [0.2, 0.25) is 0 Å². The van der Waals surface area contributed by atoms with E-state index in [0.29, 0.717) is 0 Å². The zero-order valence-corrected chi connectivity index (χ0v) is 7.10.